The maximum absolute atomic E-state index is 13.7. The lowest BCUT2D eigenvalue weighted by atomic mass is 9.95. The second-order valence-electron chi connectivity index (χ2n) is 10.9. The van der Waals surface area contributed by atoms with E-state index in [0.717, 1.165) is 73.9 Å². The first-order valence-electron chi connectivity index (χ1n) is 16.5. The lowest BCUT2D eigenvalue weighted by molar-refractivity contribution is -0.125. The van der Waals surface area contributed by atoms with E-state index in [1.807, 2.05) is 53.2 Å². The van der Waals surface area contributed by atoms with E-state index in [1.165, 1.54) is 7.11 Å². The molecule has 2 heterocycles. The number of fused-ring (bicyclic) bond motifs is 5. The molecule has 3 N–H and O–H groups in total. The second kappa shape index (κ2) is 22.4. The van der Waals surface area contributed by atoms with Gasteiger partial charge in [0.15, 0.2) is 0 Å². The van der Waals surface area contributed by atoms with Gasteiger partial charge in [0.1, 0.15) is 5.69 Å². The number of amides is 2. The molecule has 0 spiro atoms. The Morgan fingerprint density at radius 2 is 1.60 bits per heavy atom. The third-order valence-electron chi connectivity index (χ3n) is 7.57. The summed E-state index contributed by atoms with van der Waals surface area (Å²) in [6.07, 6.45) is 4.67. The normalized spacial score (nSPS) is 12.5. The number of anilines is 1. The Balaban J connectivity index is 0.00000307. The number of nitrogens with zero attached hydrogens (tertiary/aromatic N) is 4. The van der Waals surface area contributed by atoms with Crippen molar-refractivity contribution in [3.8, 4) is 22.5 Å². The minimum absolute atomic E-state index is 0.0855. The highest BCUT2D eigenvalue weighted by molar-refractivity contribution is 7.40. The SMILES string of the molecule is CCCOCCOCCn1nnc2c1-c1ccccc1CN(C(=O)CCC(=O)NCCCCCCOP(O)OC)c1ccccc1-2.CO. The molecule has 0 bridgehead atoms. The van der Waals surface area contributed by atoms with Gasteiger partial charge in [-0.05, 0) is 30.9 Å². The van der Waals surface area contributed by atoms with Crippen molar-refractivity contribution < 1.29 is 38.1 Å². The molecule has 1 atom stereocenters. The molecule has 0 saturated carbocycles. The van der Waals surface area contributed by atoms with Crippen LogP contribution in [0.15, 0.2) is 48.5 Å². The van der Waals surface area contributed by atoms with Gasteiger partial charge in [-0.25, -0.2) is 4.68 Å². The van der Waals surface area contributed by atoms with Crippen LogP contribution < -0.4 is 10.2 Å². The Hall–Kier alpha value is -3.29. The number of nitrogens with one attached hydrogen (secondary N) is 1. The molecule has 2 amide bonds. The van der Waals surface area contributed by atoms with Crippen LogP contribution in [0.5, 0.6) is 0 Å². The molecule has 1 aliphatic rings. The van der Waals surface area contributed by atoms with Gasteiger partial charge in [0.2, 0.25) is 11.8 Å². The molecule has 264 valence electrons. The quantitative estimate of drug-likeness (QED) is 0.111. The van der Waals surface area contributed by atoms with Gasteiger partial charge in [0.05, 0.1) is 50.9 Å². The summed E-state index contributed by atoms with van der Waals surface area (Å²) in [7, 11) is 0.629. The van der Waals surface area contributed by atoms with Gasteiger partial charge < -0.3 is 38.7 Å². The van der Waals surface area contributed by atoms with Crippen molar-refractivity contribution in [1.29, 1.82) is 0 Å². The van der Waals surface area contributed by atoms with Crippen LogP contribution in [0.25, 0.3) is 22.5 Å². The van der Waals surface area contributed by atoms with Gasteiger partial charge in [-0.15, -0.1) is 5.10 Å². The molecule has 0 aliphatic carbocycles. The van der Waals surface area contributed by atoms with E-state index < -0.39 is 8.60 Å². The van der Waals surface area contributed by atoms with E-state index in [9.17, 15) is 14.5 Å². The molecule has 1 unspecified atom stereocenters. The van der Waals surface area contributed by atoms with Crippen molar-refractivity contribution in [1.82, 2.24) is 20.3 Å². The molecule has 3 aromatic rings. The number of para-hydroxylation sites is 1. The highest BCUT2D eigenvalue weighted by atomic mass is 31.2. The van der Waals surface area contributed by atoms with Gasteiger partial charge >= 0.3 is 8.60 Å². The molecule has 14 heteroatoms. The lowest BCUT2D eigenvalue weighted by Crippen LogP contribution is -2.33. The van der Waals surface area contributed by atoms with Gasteiger partial charge in [-0.1, -0.05) is 67.4 Å². The monoisotopic (exact) mass is 687 g/mol. The van der Waals surface area contributed by atoms with E-state index in [4.69, 9.17) is 23.6 Å². The topological polar surface area (TPSA) is 158 Å². The van der Waals surface area contributed by atoms with Crippen molar-refractivity contribution in [2.24, 2.45) is 0 Å². The number of unbranched alkanes of at least 4 members (excludes halogenated alkanes) is 3. The van der Waals surface area contributed by atoms with E-state index in [0.29, 0.717) is 51.8 Å². The molecule has 48 heavy (non-hydrogen) atoms. The molecule has 1 aromatic heterocycles. The van der Waals surface area contributed by atoms with Crippen LogP contribution in [0.3, 0.4) is 0 Å². The number of hydrogen-bond acceptors (Lipinski definition) is 10. The smallest absolute Gasteiger partial charge is 0.329 e. The van der Waals surface area contributed by atoms with Crippen LogP contribution in [-0.2, 0) is 41.2 Å². The molecule has 0 radical (unpaired) electrons. The van der Waals surface area contributed by atoms with E-state index in [1.54, 1.807) is 4.90 Å². The minimum atomic E-state index is -1.78. The fraction of sp³-hybridized carbons (Fsp3) is 0.529. The average molecular weight is 688 g/mol. The van der Waals surface area contributed by atoms with Crippen LogP contribution in [0.4, 0.5) is 5.69 Å². The van der Waals surface area contributed by atoms with Gasteiger partial charge in [0, 0.05) is 51.3 Å². The minimum Gasteiger partial charge on any atom is -0.400 e. The number of aliphatic hydroxyl groups excluding tert-OH is 1. The van der Waals surface area contributed by atoms with Crippen molar-refractivity contribution in [2.45, 2.75) is 65.0 Å². The highest BCUT2D eigenvalue weighted by Crippen LogP contribution is 2.41. The zero-order valence-corrected chi connectivity index (χ0v) is 29.2. The Bertz CT molecular complexity index is 1390. The Morgan fingerprint density at radius 3 is 2.38 bits per heavy atom. The van der Waals surface area contributed by atoms with Crippen LogP contribution in [0, 0.1) is 0 Å². The third-order valence-corrected chi connectivity index (χ3v) is 8.29. The fourth-order valence-electron chi connectivity index (χ4n) is 5.26. The summed E-state index contributed by atoms with van der Waals surface area (Å²) in [6.45, 7) is 6.23. The van der Waals surface area contributed by atoms with Crippen molar-refractivity contribution in [3.63, 3.8) is 0 Å². The summed E-state index contributed by atoms with van der Waals surface area (Å²) in [5, 5.41) is 19.0. The average Bonchev–Trinajstić information content (AvgIpc) is 3.53. The third kappa shape index (κ3) is 12.0. The van der Waals surface area contributed by atoms with Gasteiger partial charge in [-0.2, -0.15) is 0 Å². The summed E-state index contributed by atoms with van der Waals surface area (Å²) < 4.78 is 23.0. The molecule has 1 aliphatic heterocycles. The maximum Gasteiger partial charge on any atom is 0.329 e. The van der Waals surface area contributed by atoms with Crippen LogP contribution in [-0.4, -0.2) is 90.6 Å². The molecule has 0 saturated heterocycles. The summed E-state index contributed by atoms with van der Waals surface area (Å²) in [4.78, 5) is 37.4. The molecule has 0 fully saturated rings. The first-order valence-corrected chi connectivity index (χ1v) is 17.6. The van der Waals surface area contributed by atoms with Gasteiger partial charge in [0.25, 0.3) is 0 Å². The molecule has 13 nitrogen and oxygen atoms in total. The standard InChI is InChI=1S/C33H46N5O7P.CH4O/c1-3-20-43-23-24-44-22-19-38-33-27-13-7-6-12-26(27)25-37(29-15-9-8-14-28(29)32(33)35-36-38)31(40)17-16-30(39)34-18-10-4-5-11-21-45-46(41)42-2;1-2/h6-9,12-15,41H,3-5,10-11,16-25H2,1-2H3,(H,34,39);2H,1H3. The summed E-state index contributed by atoms with van der Waals surface area (Å²) >= 11 is 0. The van der Waals surface area contributed by atoms with E-state index in [2.05, 4.69) is 22.6 Å². The van der Waals surface area contributed by atoms with E-state index >= 15 is 0 Å². The Morgan fingerprint density at radius 1 is 0.896 bits per heavy atom. The summed E-state index contributed by atoms with van der Waals surface area (Å²) in [5.74, 6) is -0.278. The van der Waals surface area contributed by atoms with Crippen molar-refractivity contribution in [2.75, 3.05) is 58.7 Å². The number of benzene rings is 2. The molecule has 4 rings (SSSR count). The van der Waals surface area contributed by atoms with Crippen LogP contribution >= 0.6 is 8.60 Å². The summed E-state index contributed by atoms with van der Waals surface area (Å²) in [5.41, 5.74) is 5.07. The number of carbonyl (C=O) groups excluding carboxylic acids is 2. The van der Waals surface area contributed by atoms with Crippen LogP contribution in [0.1, 0.15) is 57.4 Å². The molecule has 2 aromatic carbocycles. The van der Waals surface area contributed by atoms with Gasteiger partial charge in [-0.3, -0.25) is 9.59 Å². The highest BCUT2D eigenvalue weighted by Gasteiger charge is 2.29. The number of ether oxygens (including phenoxy) is 2. The Labute approximate surface area is 284 Å². The molecular weight excluding hydrogens is 637 g/mol. The Kier molecular flexibility index (Phi) is 18.2. The van der Waals surface area contributed by atoms with Crippen molar-refractivity contribution in [3.05, 3.63) is 54.1 Å². The first kappa shape index (κ1) is 39.2. The fourth-order valence-corrected chi connectivity index (χ4v) is 5.65. The zero-order chi connectivity index (χ0) is 34.6. The van der Waals surface area contributed by atoms with Crippen molar-refractivity contribution >= 4 is 26.1 Å². The van der Waals surface area contributed by atoms with Crippen LogP contribution in [0.2, 0.25) is 0 Å². The number of rotatable bonds is 20. The number of aromatic nitrogens is 3. The largest absolute Gasteiger partial charge is 0.400 e. The number of hydrogen-bond donors (Lipinski definition) is 3. The second-order valence-corrected chi connectivity index (χ2v) is 12.0. The predicted octanol–water partition coefficient (Wildman–Crippen LogP) is 4.85. The number of aliphatic hydroxyl groups is 1. The maximum atomic E-state index is 13.7. The predicted molar refractivity (Wildman–Crippen MR) is 185 cm³/mol. The zero-order valence-electron chi connectivity index (χ0n) is 28.3. The van der Waals surface area contributed by atoms with E-state index in [-0.39, 0.29) is 24.7 Å². The lowest BCUT2D eigenvalue weighted by Gasteiger charge is -2.28. The molecular formula is C34H50N5O8P. The summed E-state index contributed by atoms with van der Waals surface area (Å²) in [6, 6.07) is 15.7. The number of carbonyl (C=O) groups is 2. The first-order chi connectivity index (χ1) is 23.5.